The summed E-state index contributed by atoms with van der Waals surface area (Å²) in [5.41, 5.74) is 1.57. The van der Waals surface area contributed by atoms with E-state index >= 15 is 0 Å². The van der Waals surface area contributed by atoms with E-state index in [1.54, 1.807) is 0 Å². The molecule has 22 heavy (non-hydrogen) atoms. The first-order valence-electron chi connectivity index (χ1n) is 8.29. The number of aromatic nitrogens is 2. The standard InChI is InChI=1S/C16H26N4O2/c1-11(2)9-20-5-6-22-13(10-20)8-17-16(21)15-7-14(18-19-15)12-3-4-12/h7,11-13H,3-6,8-10H2,1-2H3,(H,17,21)(H,18,19). The molecule has 1 saturated heterocycles. The highest BCUT2D eigenvalue weighted by atomic mass is 16.5. The molecule has 1 unspecified atom stereocenters. The number of nitrogens with one attached hydrogen (secondary N) is 2. The van der Waals surface area contributed by atoms with Crippen molar-refractivity contribution in [1.82, 2.24) is 20.4 Å². The minimum absolute atomic E-state index is 0.0679. The molecule has 2 aliphatic rings. The zero-order valence-electron chi connectivity index (χ0n) is 13.5. The minimum atomic E-state index is -0.118. The van der Waals surface area contributed by atoms with E-state index in [2.05, 4.69) is 34.3 Å². The van der Waals surface area contributed by atoms with Crippen molar-refractivity contribution in [1.29, 1.82) is 0 Å². The van der Waals surface area contributed by atoms with Gasteiger partial charge in [-0.3, -0.25) is 14.8 Å². The number of H-pyrrole nitrogens is 1. The Morgan fingerprint density at radius 3 is 3.09 bits per heavy atom. The van der Waals surface area contributed by atoms with Crippen LogP contribution in [0.2, 0.25) is 0 Å². The van der Waals surface area contributed by atoms with Gasteiger partial charge in [-0.1, -0.05) is 13.8 Å². The summed E-state index contributed by atoms with van der Waals surface area (Å²) in [5.74, 6) is 1.12. The first-order chi connectivity index (χ1) is 10.6. The Kier molecular flexibility index (Phi) is 4.78. The average molecular weight is 306 g/mol. The molecule has 2 fully saturated rings. The maximum Gasteiger partial charge on any atom is 0.271 e. The highest BCUT2D eigenvalue weighted by Crippen LogP contribution is 2.38. The lowest BCUT2D eigenvalue weighted by molar-refractivity contribution is -0.0295. The molecule has 2 heterocycles. The van der Waals surface area contributed by atoms with Crippen LogP contribution in [0.3, 0.4) is 0 Å². The number of ether oxygens (including phenoxy) is 1. The Morgan fingerprint density at radius 2 is 2.36 bits per heavy atom. The Balaban J connectivity index is 1.45. The van der Waals surface area contributed by atoms with Crippen molar-refractivity contribution < 1.29 is 9.53 Å². The van der Waals surface area contributed by atoms with Gasteiger partial charge in [0.1, 0.15) is 5.69 Å². The van der Waals surface area contributed by atoms with Gasteiger partial charge in [-0.15, -0.1) is 0 Å². The zero-order valence-corrected chi connectivity index (χ0v) is 13.5. The molecule has 1 saturated carbocycles. The van der Waals surface area contributed by atoms with Crippen LogP contribution < -0.4 is 5.32 Å². The molecule has 0 bridgehead atoms. The lowest BCUT2D eigenvalue weighted by Gasteiger charge is -2.33. The largest absolute Gasteiger partial charge is 0.374 e. The van der Waals surface area contributed by atoms with E-state index in [0.717, 1.165) is 31.9 Å². The molecule has 0 spiro atoms. The van der Waals surface area contributed by atoms with Crippen LogP contribution in [0.25, 0.3) is 0 Å². The van der Waals surface area contributed by atoms with Crippen LogP contribution in [0.1, 0.15) is 48.8 Å². The van der Waals surface area contributed by atoms with Gasteiger partial charge >= 0.3 is 0 Å². The molecule has 1 aromatic heterocycles. The quantitative estimate of drug-likeness (QED) is 0.833. The number of hydrogen-bond donors (Lipinski definition) is 2. The molecule has 1 aliphatic heterocycles. The molecular formula is C16H26N4O2. The molecule has 1 aliphatic carbocycles. The second-order valence-electron chi connectivity index (χ2n) is 6.84. The van der Waals surface area contributed by atoms with E-state index in [0.29, 0.717) is 24.1 Å². The van der Waals surface area contributed by atoms with Crippen LogP contribution in [-0.4, -0.2) is 59.9 Å². The fourth-order valence-corrected chi connectivity index (χ4v) is 2.94. The fraction of sp³-hybridized carbons (Fsp3) is 0.750. The summed E-state index contributed by atoms with van der Waals surface area (Å²) in [7, 11) is 0. The van der Waals surface area contributed by atoms with Crippen LogP contribution in [0.5, 0.6) is 0 Å². The second-order valence-corrected chi connectivity index (χ2v) is 6.84. The average Bonchev–Trinajstić information content (AvgIpc) is 3.22. The Bertz CT molecular complexity index is 510. The van der Waals surface area contributed by atoms with Crippen molar-refractivity contribution in [2.45, 2.75) is 38.7 Å². The van der Waals surface area contributed by atoms with Crippen molar-refractivity contribution in [2.75, 3.05) is 32.8 Å². The maximum absolute atomic E-state index is 12.1. The van der Waals surface area contributed by atoms with Crippen molar-refractivity contribution in [2.24, 2.45) is 5.92 Å². The molecule has 3 rings (SSSR count). The summed E-state index contributed by atoms with van der Waals surface area (Å²) in [6.45, 7) is 8.67. The smallest absolute Gasteiger partial charge is 0.271 e. The van der Waals surface area contributed by atoms with Gasteiger partial charge in [-0.05, 0) is 24.8 Å². The normalized spacial score (nSPS) is 23.0. The number of carbonyl (C=O) groups excluding carboxylic acids is 1. The predicted octanol–water partition coefficient (Wildman–Crippen LogP) is 1.37. The lowest BCUT2D eigenvalue weighted by Crippen LogP contribution is -2.48. The number of morpholine rings is 1. The Hall–Kier alpha value is -1.40. The van der Waals surface area contributed by atoms with E-state index < -0.39 is 0 Å². The number of aromatic amines is 1. The summed E-state index contributed by atoms with van der Waals surface area (Å²) < 4.78 is 5.74. The minimum Gasteiger partial charge on any atom is -0.374 e. The van der Waals surface area contributed by atoms with E-state index in [-0.39, 0.29) is 12.0 Å². The van der Waals surface area contributed by atoms with Crippen molar-refractivity contribution in [3.63, 3.8) is 0 Å². The summed E-state index contributed by atoms with van der Waals surface area (Å²) in [5, 5.41) is 10.0. The highest BCUT2D eigenvalue weighted by molar-refractivity contribution is 5.92. The van der Waals surface area contributed by atoms with Gasteiger partial charge in [-0.2, -0.15) is 5.10 Å². The monoisotopic (exact) mass is 306 g/mol. The van der Waals surface area contributed by atoms with Gasteiger partial charge in [0.2, 0.25) is 0 Å². The first kappa shape index (κ1) is 15.5. The molecular weight excluding hydrogens is 280 g/mol. The van der Waals surface area contributed by atoms with Crippen molar-refractivity contribution in [3.05, 3.63) is 17.5 Å². The lowest BCUT2D eigenvalue weighted by atomic mass is 10.2. The van der Waals surface area contributed by atoms with Crippen LogP contribution in [0.4, 0.5) is 0 Å². The van der Waals surface area contributed by atoms with Gasteiger partial charge in [0, 0.05) is 37.8 Å². The van der Waals surface area contributed by atoms with E-state index in [9.17, 15) is 4.79 Å². The Morgan fingerprint density at radius 1 is 1.55 bits per heavy atom. The van der Waals surface area contributed by atoms with Crippen LogP contribution in [0.15, 0.2) is 6.07 Å². The highest BCUT2D eigenvalue weighted by Gasteiger charge is 2.27. The molecule has 6 heteroatoms. The molecule has 1 aromatic rings. The summed E-state index contributed by atoms with van der Waals surface area (Å²) in [6.07, 6.45) is 2.47. The molecule has 1 atom stereocenters. The van der Waals surface area contributed by atoms with Gasteiger partial charge in [-0.25, -0.2) is 0 Å². The number of amides is 1. The SMILES string of the molecule is CC(C)CN1CCOC(CNC(=O)c2cc(C3CC3)[nH]n2)C1. The van der Waals surface area contributed by atoms with Gasteiger partial charge in [0.15, 0.2) is 0 Å². The number of carbonyl (C=O) groups is 1. The molecule has 0 radical (unpaired) electrons. The number of rotatable bonds is 6. The first-order valence-corrected chi connectivity index (χ1v) is 8.29. The van der Waals surface area contributed by atoms with E-state index in [4.69, 9.17) is 4.74 Å². The predicted molar refractivity (Wildman–Crippen MR) is 83.9 cm³/mol. The maximum atomic E-state index is 12.1. The van der Waals surface area contributed by atoms with Crippen LogP contribution in [-0.2, 0) is 4.74 Å². The zero-order chi connectivity index (χ0) is 15.5. The fourth-order valence-electron chi connectivity index (χ4n) is 2.94. The molecule has 1 amide bonds. The third kappa shape index (κ3) is 4.08. The van der Waals surface area contributed by atoms with Gasteiger partial charge in [0.05, 0.1) is 12.7 Å². The molecule has 0 aromatic carbocycles. The van der Waals surface area contributed by atoms with Gasteiger partial charge < -0.3 is 10.1 Å². The van der Waals surface area contributed by atoms with E-state index in [1.165, 1.54) is 12.8 Å². The molecule has 122 valence electrons. The van der Waals surface area contributed by atoms with Gasteiger partial charge in [0.25, 0.3) is 5.91 Å². The topological polar surface area (TPSA) is 70.2 Å². The third-order valence-electron chi connectivity index (χ3n) is 4.18. The molecule has 6 nitrogen and oxygen atoms in total. The summed E-state index contributed by atoms with van der Waals surface area (Å²) >= 11 is 0. The summed E-state index contributed by atoms with van der Waals surface area (Å²) in [6, 6.07) is 1.87. The van der Waals surface area contributed by atoms with Crippen molar-refractivity contribution >= 4 is 5.91 Å². The molecule has 2 N–H and O–H groups in total. The van der Waals surface area contributed by atoms with Crippen LogP contribution >= 0.6 is 0 Å². The van der Waals surface area contributed by atoms with E-state index in [1.807, 2.05) is 6.07 Å². The Labute approximate surface area is 131 Å². The van der Waals surface area contributed by atoms with Crippen LogP contribution in [0, 0.1) is 5.92 Å². The third-order valence-corrected chi connectivity index (χ3v) is 4.18. The van der Waals surface area contributed by atoms with Crippen molar-refractivity contribution in [3.8, 4) is 0 Å². The summed E-state index contributed by atoms with van der Waals surface area (Å²) in [4.78, 5) is 14.5. The number of nitrogens with zero attached hydrogens (tertiary/aromatic N) is 2. The second kappa shape index (κ2) is 6.79. The number of hydrogen-bond acceptors (Lipinski definition) is 4.